The third kappa shape index (κ3) is 2.04. The molecule has 0 saturated carbocycles. The zero-order chi connectivity index (χ0) is 11.8. The minimum atomic E-state index is -3.19. The maximum absolute atomic E-state index is 11.7. The van der Waals surface area contributed by atoms with Crippen LogP contribution in [0, 0.1) is 0 Å². The van der Waals surface area contributed by atoms with E-state index in [1.165, 1.54) is 10.6 Å². The summed E-state index contributed by atoms with van der Waals surface area (Å²) in [6.45, 7) is 2.69. The van der Waals surface area contributed by atoms with Gasteiger partial charge in [-0.2, -0.15) is 0 Å². The van der Waals surface area contributed by atoms with Gasteiger partial charge >= 0.3 is 0 Å². The SMILES string of the molecule is CC1CCCN(S(C)(=O)=O)c2cnccc21. The lowest BCUT2D eigenvalue weighted by Gasteiger charge is -2.22. The van der Waals surface area contributed by atoms with Crippen LogP contribution in [0.2, 0.25) is 0 Å². The second kappa shape index (κ2) is 4.05. The Bertz CT molecular complexity index is 485. The van der Waals surface area contributed by atoms with Crippen LogP contribution in [0.4, 0.5) is 5.69 Å². The van der Waals surface area contributed by atoms with Crippen molar-refractivity contribution in [2.24, 2.45) is 0 Å². The monoisotopic (exact) mass is 240 g/mol. The van der Waals surface area contributed by atoms with E-state index in [0.29, 0.717) is 12.5 Å². The van der Waals surface area contributed by atoms with E-state index in [1.54, 1.807) is 12.4 Å². The minimum absolute atomic E-state index is 0.393. The number of pyridine rings is 1. The largest absolute Gasteiger partial charge is 0.269 e. The summed E-state index contributed by atoms with van der Waals surface area (Å²) < 4.78 is 24.9. The Kier molecular flexibility index (Phi) is 2.88. The average molecular weight is 240 g/mol. The zero-order valence-corrected chi connectivity index (χ0v) is 10.4. The Morgan fingerprint density at radius 3 is 2.94 bits per heavy atom. The van der Waals surface area contributed by atoms with Gasteiger partial charge in [-0.05, 0) is 30.4 Å². The van der Waals surface area contributed by atoms with Gasteiger partial charge < -0.3 is 0 Å². The molecule has 16 heavy (non-hydrogen) atoms. The van der Waals surface area contributed by atoms with Crippen molar-refractivity contribution in [1.82, 2.24) is 4.98 Å². The van der Waals surface area contributed by atoms with Gasteiger partial charge in [0.05, 0.1) is 18.1 Å². The molecule has 1 aliphatic rings. The number of anilines is 1. The Labute approximate surface area is 96.4 Å². The molecule has 0 N–H and O–H groups in total. The smallest absolute Gasteiger partial charge is 0.232 e. The predicted molar refractivity (Wildman–Crippen MR) is 64.1 cm³/mol. The zero-order valence-electron chi connectivity index (χ0n) is 9.55. The van der Waals surface area contributed by atoms with E-state index < -0.39 is 10.0 Å². The van der Waals surface area contributed by atoms with Crippen LogP contribution in [0.5, 0.6) is 0 Å². The Morgan fingerprint density at radius 1 is 1.50 bits per heavy atom. The van der Waals surface area contributed by atoms with Crippen molar-refractivity contribution in [2.75, 3.05) is 17.1 Å². The molecule has 0 aliphatic carbocycles. The number of rotatable bonds is 1. The highest BCUT2D eigenvalue weighted by molar-refractivity contribution is 7.92. The lowest BCUT2D eigenvalue weighted by atomic mass is 9.97. The Balaban J connectivity index is 2.56. The van der Waals surface area contributed by atoms with Crippen LogP contribution >= 0.6 is 0 Å². The molecule has 2 rings (SSSR count). The fourth-order valence-corrected chi connectivity index (χ4v) is 3.15. The van der Waals surface area contributed by atoms with Crippen LogP contribution in [0.15, 0.2) is 18.5 Å². The second-order valence-corrected chi connectivity index (χ2v) is 6.22. The lowest BCUT2D eigenvalue weighted by Crippen LogP contribution is -2.30. The summed E-state index contributed by atoms with van der Waals surface area (Å²) in [7, 11) is -3.19. The third-order valence-electron chi connectivity index (χ3n) is 3.03. The first-order chi connectivity index (χ1) is 7.50. The number of sulfonamides is 1. The van der Waals surface area contributed by atoms with Gasteiger partial charge in [-0.3, -0.25) is 9.29 Å². The molecule has 1 aromatic heterocycles. The number of hydrogen-bond donors (Lipinski definition) is 0. The van der Waals surface area contributed by atoms with Crippen molar-refractivity contribution in [3.63, 3.8) is 0 Å². The van der Waals surface area contributed by atoms with Crippen molar-refractivity contribution in [3.05, 3.63) is 24.0 Å². The normalized spacial score (nSPS) is 21.4. The maximum atomic E-state index is 11.7. The fourth-order valence-electron chi connectivity index (χ4n) is 2.18. The molecule has 1 aliphatic heterocycles. The summed E-state index contributed by atoms with van der Waals surface area (Å²) in [5.74, 6) is 0.393. The molecule has 1 unspecified atom stereocenters. The van der Waals surface area contributed by atoms with Crippen molar-refractivity contribution < 1.29 is 8.42 Å². The molecule has 1 atom stereocenters. The molecule has 0 bridgehead atoms. The van der Waals surface area contributed by atoms with E-state index >= 15 is 0 Å². The Morgan fingerprint density at radius 2 is 2.25 bits per heavy atom. The molecule has 0 spiro atoms. The van der Waals surface area contributed by atoms with E-state index in [4.69, 9.17) is 0 Å². The topological polar surface area (TPSA) is 50.3 Å². The van der Waals surface area contributed by atoms with Gasteiger partial charge in [0.25, 0.3) is 0 Å². The van der Waals surface area contributed by atoms with Crippen molar-refractivity contribution in [1.29, 1.82) is 0 Å². The van der Waals surface area contributed by atoms with E-state index in [9.17, 15) is 8.42 Å². The van der Waals surface area contributed by atoms with Crippen molar-refractivity contribution in [2.45, 2.75) is 25.7 Å². The van der Waals surface area contributed by atoms with Gasteiger partial charge in [-0.15, -0.1) is 0 Å². The van der Waals surface area contributed by atoms with Crippen LogP contribution in [-0.2, 0) is 10.0 Å². The molecule has 0 aromatic carbocycles. The molecule has 1 aromatic rings. The molecule has 4 nitrogen and oxygen atoms in total. The van der Waals surface area contributed by atoms with Gasteiger partial charge in [0.2, 0.25) is 10.0 Å². The third-order valence-corrected chi connectivity index (χ3v) is 4.21. The summed E-state index contributed by atoms with van der Waals surface area (Å²) in [4.78, 5) is 4.03. The molecule has 0 radical (unpaired) electrons. The maximum Gasteiger partial charge on any atom is 0.232 e. The van der Waals surface area contributed by atoms with E-state index in [0.717, 1.165) is 24.1 Å². The second-order valence-electron chi connectivity index (χ2n) is 4.31. The molecule has 0 amide bonds. The van der Waals surface area contributed by atoms with Gasteiger partial charge in [0, 0.05) is 12.7 Å². The van der Waals surface area contributed by atoms with Gasteiger partial charge in [0.15, 0.2) is 0 Å². The fraction of sp³-hybridized carbons (Fsp3) is 0.545. The molecule has 0 saturated heterocycles. The highest BCUT2D eigenvalue weighted by Gasteiger charge is 2.25. The first kappa shape index (κ1) is 11.4. The first-order valence-electron chi connectivity index (χ1n) is 5.42. The molecular formula is C11H16N2O2S. The number of fused-ring (bicyclic) bond motifs is 1. The summed E-state index contributed by atoms with van der Waals surface area (Å²) >= 11 is 0. The van der Waals surface area contributed by atoms with Crippen LogP contribution in [0.25, 0.3) is 0 Å². The first-order valence-corrected chi connectivity index (χ1v) is 7.26. The summed E-state index contributed by atoms with van der Waals surface area (Å²) in [6.07, 6.45) is 6.53. The highest BCUT2D eigenvalue weighted by Crippen LogP contribution is 2.34. The van der Waals surface area contributed by atoms with E-state index in [1.807, 2.05) is 6.07 Å². The van der Waals surface area contributed by atoms with Gasteiger partial charge in [-0.1, -0.05) is 6.92 Å². The molecule has 2 heterocycles. The van der Waals surface area contributed by atoms with Crippen LogP contribution in [0.1, 0.15) is 31.2 Å². The minimum Gasteiger partial charge on any atom is -0.269 e. The number of hydrogen-bond acceptors (Lipinski definition) is 3. The van der Waals surface area contributed by atoms with Gasteiger partial charge in [0.1, 0.15) is 0 Å². The van der Waals surface area contributed by atoms with Crippen LogP contribution < -0.4 is 4.31 Å². The highest BCUT2D eigenvalue weighted by atomic mass is 32.2. The molecule has 0 fully saturated rings. The van der Waals surface area contributed by atoms with E-state index in [2.05, 4.69) is 11.9 Å². The Hall–Kier alpha value is -1.10. The summed E-state index contributed by atoms with van der Waals surface area (Å²) in [6, 6.07) is 1.92. The summed E-state index contributed by atoms with van der Waals surface area (Å²) in [5, 5.41) is 0. The standard InChI is InChI=1S/C11H16N2O2S/c1-9-4-3-7-13(16(2,14)15)11-8-12-6-5-10(9)11/h5-6,8-9H,3-4,7H2,1-2H3. The molecule has 5 heteroatoms. The van der Waals surface area contributed by atoms with Crippen LogP contribution in [-0.4, -0.2) is 26.2 Å². The predicted octanol–water partition coefficient (Wildman–Crippen LogP) is 1.74. The number of nitrogens with zero attached hydrogens (tertiary/aromatic N) is 2. The lowest BCUT2D eigenvalue weighted by molar-refractivity contribution is 0.593. The van der Waals surface area contributed by atoms with Gasteiger partial charge in [-0.25, -0.2) is 8.42 Å². The molecule has 88 valence electrons. The van der Waals surface area contributed by atoms with E-state index in [-0.39, 0.29) is 0 Å². The quantitative estimate of drug-likeness (QED) is 0.751. The van der Waals surface area contributed by atoms with Crippen molar-refractivity contribution in [3.8, 4) is 0 Å². The molecular weight excluding hydrogens is 224 g/mol. The average Bonchev–Trinajstić information content (AvgIpc) is 2.38. The number of aromatic nitrogens is 1. The van der Waals surface area contributed by atoms with Crippen LogP contribution in [0.3, 0.4) is 0 Å². The van der Waals surface area contributed by atoms with Crippen molar-refractivity contribution >= 4 is 15.7 Å². The summed E-state index contributed by atoms with van der Waals surface area (Å²) in [5.41, 5.74) is 1.83.